The van der Waals surface area contributed by atoms with E-state index in [4.69, 9.17) is 9.72 Å². The van der Waals surface area contributed by atoms with E-state index in [0.717, 1.165) is 45.8 Å². The lowest BCUT2D eigenvalue weighted by atomic mass is 10.1. The third-order valence-electron chi connectivity index (χ3n) is 6.80. The molecule has 1 aliphatic heterocycles. The molecule has 34 heavy (non-hydrogen) atoms. The van der Waals surface area contributed by atoms with Crippen LogP contribution in [-0.2, 0) is 17.8 Å². The molecule has 0 N–H and O–H groups in total. The van der Waals surface area contributed by atoms with Gasteiger partial charge in [-0.1, -0.05) is 49.4 Å². The number of amides is 1. The highest BCUT2D eigenvalue weighted by molar-refractivity contribution is 5.98. The Bertz CT molecular complexity index is 1300. The van der Waals surface area contributed by atoms with Crippen LogP contribution in [0.5, 0.6) is 5.75 Å². The van der Waals surface area contributed by atoms with Gasteiger partial charge in [-0.05, 0) is 61.2 Å². The molecule has 5 heteroatoms. The van der Waals surface area contributed by atoms with Gasteiger partial charge >= 0.3 is 0 Å². The first-order valence-electron chi connectivity index (χ1n) is 12.1. The third-order valence-corrected chi connectivity index (χ3v) is 6.80. The molecule has 1 atom stereocenters. The van der Waals surface area contributed by atoms with Crippen molar-refractivity contribution in [2.75, 3.05) is 18.1 Å². The predicted molar refractivity (Wildman–Crippen MR) is 137 cm³/mol. The molecule has 5 rings (SSSR count). The molecule has 1 aromatic heterocycles. The van der Waals surface area contributed by atoms with E-state index in [2.05, 4.69) is 55.7 Å². The Hall–Kier alpha value is -3.60. The van der Waals surface area contributed by atoms with Crippen molar-refractivity contribution in [3.63, 3.8) is 0 Å². The Morgan fingerprint density at radius 2 is 1.71 bits per heavy atom. The Labute approximate surface area is 201 Å². The fourth-order valence-electron chi connectivity index (χ4n) is 5.05. The number of anilines is 1. The number of aryl methyl sites for hydroxylation is 3. The van der Waals surface area contributed by atoms with Crippen LogP contribution in [0.15, 0.2) is 66.7 Å². The Morgan fingerprint density at radius 3 is 2.44 bits per heavy atom. The van der Waals surface area contributed by atoms with Crippen LogP contribution in [0.3, 0.4) is 0 Å². The van der Waals surface area contributed by atoms with Gasteiger partial charge in [0, 0.05) is 24.6 Å². The zero-order valence-electron chi connectivity index (χ0n) is 20.1. The first kappa shape index (κ1) is 22.2. The summed E-state index contributed by atoms with van der Waals surface area (Å²) in [6, 6.07) is 22.7. The predicted octanol–water partition coefficient (Wildman–Crippen LogP) is 5.82. The van der Waals surface area contributed by atoms with Crippen molar-refractivity contribution in [3.05, 3.63) is 89.2 Å². The summed E-state index contributed by atoms with van der Waals surface area (Å²) in [4.78, 5) is 20.0. The first-order valence-corrected chi connectivity index (χ1v) is 12.1. The van der Waals surface area contributed by atoms with Gasteiger partial charge in [0.1, 0.15) is 18.2 Å². The number of aromatic nitrogens is 2. The number of hydrogen-bond donors (Lipinski definition) is 0. The van der Waals surface area contributed by atoms with Crippen LogP contribution in [0.2, 0.25) is 0 Å². The minimum Gasteiger partial charge on any atom is -0.492 e. The minimum absolute atomic E-state index is 0.0442. The van der Waals surface area contributed by atoms with Gasteiger partial charge < -0.3 is 14.2 Å². The summed E-state index contributed by atoms with van der Waals surface area (Å²) >= 11 is 0. The number of ether oxygens (including phenoxy) is 1. The average Bonchev–Trinajstić information content (AvgIpc) is 3.40. The van der Waals surface area contributed by atoms with E-state index < -0.39 is 0 Å². The molecule has 1 unspecified atom stereocenters. The molecule has 1 saturated heterocycles. The monoisotopic (exact) mass is 453 g/mol. The molecule has 2 heterocycles. The molecule has 4 aromatic rings. The van der Waals surface area contributed by atoms with Crippen molar-refractivity contribution in [1.29, 1.82) is 0 Å². The molecule has 0 saturated carbocycles. The van der Waals surface area contributed by atoms with E-state index in [9.17, 15) is 4.79 Å². The average molecular weight is 454 g/mol. The highest BCUT2D eigenvalue weighted by Crippen LogP contribution is 2.36. The zero-order chi connectivity index (χ0) is 23.7. The minimum atomic E-state index is 0.0442. The van der Waals surface area contributed by atoms with Crippen molar-refractivity contribution in [2.24, 2.45) is 0 Å². The lowest BCUT2D eigenvalue weighted by molar-refractivity contribution is -0.117. The van der Waals surface area contributed by atoms with Crippen LogP contribution in [-0.4, -0.2) is 28.6 Å². The molecule has 5 nitrogen and oxygen atoms in total. The fraction of sp³-hybridized carbons (Fsp3) is 0.310. The molecule has 3 aromatic carbocycles. The highest BCUT2D eigenvalue weighted by Gasteiger charge is 2.35. The topological polar surface area (TPSA) is 47.4 Å². The molecule has 0 aliphatic carbocycles. The second-order valence-electron chi connectivity index (χ2n) is 9.10. The second kappa shape index (κ2) is 9.34. The summed E-state index contributed by atoms with van der Waals surface area (Å²) in [5.74, 6) is 2.05. The maximum atomic E-state index is 13.1. The number of nitrogens with zero attached hydrogens (tertiary/aromatic N) is 3. The number of fused-ring (bicyclic) bond motifs is 1. The fourth-order valence-corrected chi connectivity index (χ4v) is 5.05. The van der Waals surface area contributed by atoms with E-state index in [1.165, 1.54) is 5.56 Å². The summed E-state index contributed by atoms with van der Waals surface area (Å²) in [7, 11) is 0. The molecule has 1 amide bonds. The van der Waals surface area contributed by atoms with E-state index in [0.29, 0.717) is 26.1 Å². The van der Waals surface area contributed by atoms with Crippen LogP contribution in [0, 0.1) is 13.8 Å². The summed E-state index contributed by atoms with van der Waals surface area (Å²) < 4.78 is 8.30. The van der Waals surface area contributed by atoms with Gasteiger partial charge in [0.2, 0.25) is 5.91 Å². The van der Waals surface area contributed by atoms with E-state index in [1.807, 2.05) is 41.3 Å². The van der Waals surface area contributed by atoms with E-state index in [1.54, 1.807) is 0 Å². The molecular formula is C29H31N3O2. The molecule has 0 bridgehead atoms. The third kappa shape index (κ3) is 4.18. The van der Waals surface area contributed by atoms with Crippen molar-refractivity contribution >= 4 is 22.6 Å². The van der Waals surface area contributed by atoms with Crippen molar-refractivity contribution < 1.29 is 9.53 Å². The van der Waals surface area contributed by atoms with Gasteiger partial charge in [0.25, 0.3) is 0 Å². The molecule has 174 valence electrons. The summed E-state index contributed by atoms with van der Waals surface area (Å²) in [6.07, 6.45) is 1.49. The quantitative estimate of drug-likeness (QED) is 0.354. The van der Waals surface area contributed by atoms with Crippen LogP contribution < -0.4 is 9.64 Å². The zero-order valence-corrected chi connectivity index (χ0v) is 20.1. The lowest BCUT2D eigenvalue weighted by Gasteiger charge is -2.21. The Balaban J connectivity index is 1.40. The van der Waals surface area contributed by atoms with Crippen LogP contribution in [0.25, 0.3) is 11.0 Å². The van der Waals surface area contributed by atoms with Gasteiger partial charge in [0.05, 0.1) is 17.6 Å². The number of benzene rings is 3. The molecule has 1 fully saturated rings. The van der Waals surface area contributed by atoms with Crippen LogP contribution >= 0.6 is 0 Å². The van der Waals surface area contributed by atoms with E-state index in [-0.39, 0.29) is 11.8 Å². The number of para-hydroxylation sites is 3. The first-order chi connectivity index (χ1) is 16.5. The molecule has 1 aliphatic rings. The maximum absolute atomic E-state index is 13.1. The van der Waals surface area contributed by atoms with Gasteiger partial charge in [-0.3, -0.25) is 4.79 Å². The summed E-state index contributed by atoms with van der Waals surface area (Å²) in [5, 5.41) is 0. The van der Waals surface area contributed by atoms with Gasteiger partial charge in [-0.2, -0.15) is 0 Å². The number of carbonyl (C=O) groups excluding carboxylic acids is 1. The number of imidazole rings is 1. The van der Waals surface area contributed by atoms with Gasteiger partial charge in [-0.25, -0.2) is 4.98 Å². The largest absolute Gasteiger partial charge is 0.492 e. The second-order valence-corrected chi connectivity index (χ2v) is 9.10. The number of carbonyl (C=O) groups is 1. The van der Waals surface area contributed by atoms with E-state index >= 15 is 0 Å². The Kier molecular flexibility index (Phi) is 6.10. The smallest absolute Gasteiger partial charge is 0.227 e. The molecular weight excluding hydrogens is 422 g/mol. The maximum Gasteiger partial charge on any atom is 0.227 e. The number of rotatable bonds is 7. The lowest BCUT2D eigenvalue weighted by Crippen LogP contribution is -2.26. The normalized spacial score (nSPS) is 15.9. The standard InChI is InChI=1S/C29H31N3O2/c1-4-22-12-14-24(15-13-22)34-17-16-31-26-11-6-5-10-25(26)30-29(31)23-18-27(33)32(19-23)28-20(2)8-7-9-21(28)3/h5-15,23H,4,16-19H2,1-3H3. The Morgan fingerprint density at radius 1 is 0.971 bits per heavy atom. The van der Waals surface area contributed by atoms with Crippen molar-refractivity contribution in [3.8, 4) is 5.75 Å². The van der Waals surface area contributed by atoms with Crippen molar-refractivity contribution in [2.45, 2.75) is 46.1 Å². The molecule has 0 spiro atoms. The van der Waals surface area contributed by atoms with Crippen LogP contribution in [0.1, 0.15) is 41.8 Å². The summed E-state index contributed by atoms with van der Waals surface area (Å²) in [6.45, 7) is 8.16. The number of hydrogen-bond acceptors (Lipinski definition) is 3. The SMILES string of the molecule is CCc1ccc(OCCn2c(C3CC(=O)N(c4c(C)cccc4C)C3)nc3ccccc32)cc1. The molecule has 0 radical (unpaired) electrons. The summed E-state index contributed by atoms with van der Waals surface area (Å²) in [5.41, 5.74) is 6.64. The van der Waals surface area contributed by atoms with Gasteiger partial charge in [0.15, 0.2) is 0 Å². The highest BCUT2D eigenvalue weighted by atomic mass is 16.5. The van der Waals surface area contributed by atoms with Crippen molar-refractivity contribution in [1.82, 2.24) is 9.55 Å². The van der Waals surface area contributed by atoms with Crippen LogP contribution in [0.4, 0.5) is 5.69 Å². The van der Waals surface area contributed by atoms with Gasteiger partial charge in [-0.15, -0.1) is 0 Å².